The van der Waals surface area contributed by atoms with E-state index in [0.717, 1.165) is 64.2 Å². The lowest BCUT2D eigenvalue weighted by atomic mass is 9.89. The number of aromatic nitrogens is 1. The Morgan fingerprint density at radius 1 is 0.500 bits per heavy atom. The van der Waals surface area contributed by atoms with Crippen molar-refractivity contribution < 1.29 is 38.1 Å². The molecule has 0 spiro atoms. The third kappa shape index (κ3) is 7.81. The number of nitrogens with zero attached hydrogens (tertiary/aromatic N) is 1. The van der Waals surface area contributed by atoms with Crippen LogP contribution in [-0.4, -0.2) is 28.9 Å². The van der Waals surface area contributed by atoms with E-state index in [2.05, 4.69) is 4.98 Å². The van der Waals surface area contributed by atoms with Crippen LogP contribution < -0.4 is 18.9 Å². The molecule has 0 bridgehead atoms. The number of pyridine rings is 1. The predicted octanol–water partition coefficient (Wildman–Crippen LogP) is 6.49. The van der Waals surface area contributed by atoms with Gasteiger partial charge in [0.05, 0.1) is 29.2 Å². The molecule has 42 heavy (non-hydrogen) atoms. The van der Waals surface area contributed by atoms with Crippen LogP contribution in [0.5, 0.6) is 23.1 Å². The lowest BCUT2D eigenvalue weighted by Crippen LogP contribution is -2.22. The number of rotatable bonds is 8. The predicted molar refractivity (Wildman–Crippen MR) is 151 cm³/mol. The lowest BCUT2D eigenvalue weighted by Gasteiger charge is -2.19. The van der Waals surface area contributed by atoms with Gasteiger partial charge in [-0.15, -0.1) is 0 Å². The summed E-state index contributed by atoms with van der Waals surface area (Å²) >= 11 is 0. The van der Waals surface area contributed by atoms with Crippen molar-refractivity contribution in [2.24, 2.45) is 11.8 Å². The Morgan fingerprint density at radius 2 is 0.929 bits per heavy atom. The molecule has 0 saturated heterocycles. The molecule has 2 aliphatic carbocycles. The van der Waals surface area contributed by atoms with E-state index >= 15 is 0 Å². The van der Waals surface area contributed by atoms with Crippen molar-refractivity contribution in [3.05, 3.63) is 78.0 Å². The second kappa shape index (κ2) is 13.9. The molecule has 9 heteroatoms. The van der Waals surface area contributed by atoms with Crippen molar-refractivity contribution >= 4 is 23.9 Å². The minimum Gasteiger partial charge on any atom is -0.426 e. The van der Waals surface area contributed by atoms with E-state index in [-0.39, 0.29) is 46.5 Å². The van der Waals surface area contributed by atoms with E-state index < -0.39 is 11.9 Å². The number of carbonyl (C=O) groups is 4. The van der Waals surface area contributed by atoms with Crippen LogP contribution in [0.25, 0.3) is 0 Å². The van der Waals surface area contributed by atoms with Gasteiger partial charge in [0.2, 0.25) is 5.88 Å². The van der Waals surface area contributed by atoms with Crippen LogP contribution in [0.4, 0.5) is 0 Å². The highest BCUT2D eigenvalue weighted by Gasteiger charge is 2.24. The van der Waals surface area contributed by atoms with Gasteiger partial charge >= 0.3 is 23.9 Å². The van der Waals surface area contributed by atoms with Crippen molar-refractivity contribution in [1.82, 2.24) is 4.98 Å². The Balaban J connectivity index is 1.09. The standard InChI is InChI=1S/C33H33NO8/c35-30(22-7-3-1-4-8-22)39-26-15-11-24(12-16-26)32(37)41-28-19-20-29(34-21-28)42-33(38)25-13-17-27(18-14-25)40-31(36)23-9-5-2-6-10-23/h11-23H,1-10H2. The Bertz CT molecular complexity index is 1280. The van der Waals surface area contributed by atoms with Crippen LogP contribution in [0.1, 0.15) is 84.9 Å². The van der Waals surface area contributed by atoms with E-state index in [1.54, 1.807) is 24.3 Å². The van der Waals surface area contributed by atoms with E-state index in [0.29, 0.717) is 11.5 Å². The normalized spacial score (nSPS) is 15.8. The van der Waals surface area contributed by atoms with Crippen molar-refractivity contribution in [1.29, 1.82) is 0 Å². The fourth-order valence-electron chi connectivity index (χ4n) is 5.20. The summed E-state index contributed by atoms with van der Waals surface area (Å²) in [6.07, 6.45) is 11.1. The average molecular weight is 572 g/mol. The molecule has 0 amide bonds. The number of hydrogen-bond donors (Lipinski definition) is 0. The number of ether oxygens (including phenoxy) is 4. The van der Waals surface area contributed by atoms with E-state index in [4.69, 9.17) is 18.9 Å². The highest BCUT2D eigenvalue weighted by atomic mass is 16.6. The van der Waals surface area contributed by atoms with Gasteiger partial charge < -0.3 is 18.9 Å². The van der Waals surface area contributed by atoms with Gasteiger partial charge in [0, 0.05) is 6.07 Å². The molecule has 2 aliphatic rings. The molecular formula is C33H33NO8. The van der Waals surface area contributed by atoms with E-state index in [1.165, 1.54) is 42.6 Å². The van der Waals surface area contributed by atoms with Gasteiger partial charge in [-0.3, -0.25) is 9.59 Å². The highest BCUT2D eigenvalue weighted by molar-refractivity contribution is 5.92. The number of esters is 4. The van der Waals surface area contributed by atoms with Gasteiger partial charge in [0.15, 0.2) is 0 Å². The summed E-state index contributed by atoms with van der Waals surface area (Å²) in [5.41, 5.74) is 0.536. The third-order valence-electron chi connectivity index (χ3n) is 7.61. The summed E-state index contributed by atoms with van der Waals surface area (Å²) in [5, 5.41) is 0. The summed E-state index contributed by atoms with van der Waals surface area (Å²) in [6.45, 7) is 0. The summed E-state index contributed by atoms with van der Waals surface area (Å²) in [4.78, 5) is 53.8. The maximum atomic E-state index is 12.6. The van der Waals surface area contributed by atoms with Crippen molar-refractivity contribution in [2.75, 3.05) is 0 Å². The Labute approximate surface area is 244 Å². The van der Waals surface area contributed by atoms with Crippen LogP contribution in [0.3, 0.4) is 0 Å². The molecule has 3 aromatic rings. The van der Waals surface area contributed by atoms with E-state index in [1.807, 2.05) is 0 Å². The zero-order valence-electron chi connectivity index (χ0n) is 23.3. The van der Waals surface area contributed by atoms with Gasteiger partial charge in [-0.1, -0.05) is 38.5 Å². The topological polar surface area (TPSA) is 118 Å². The molecule has 1 heterocycles. The smallest absolute Gasteiger partial charge is 0.344 e. The molecule has 0 atom stereocenters. The number of hydrogen-bond acceptors (Lipinski definition) is 9. The largest absolute Gasteiger partial charge is 0.426 e. The first-order valence-electron chi connectivity index (χ1n) is 14.5. The van der Waals surface area contributed by atoms with E-state index in [9.17, 15) is 19.2 Å². The molecule has 1 aromatic heterocycles. The van der Waals surface area contributed by atoms with Crippen LogP contribution in [0.15, 0.2) is 66.9 Å². The molecule has 0 unspecified atom stereocenters. The fraction of sp³-hybridized carbons (Fsp3) is 0.364. The van der Waals surface area contributed by atoms with Gasteiger partial charge in [0.1, 0.15) is 17.2 Å². The van der Waals surface area contributed by atoms with Crippen LogP contribution in [-0.2, 0) is 9.59 Å². The van der Waals surface area contributed by atoms with Crippen molar-refractivity contribution in [3.8, 4) is 23.1 Å². The monoisotopic (exact) mass is 571 g/mol. The maximum absolute atomic E-state index is 12.6. The first-order chi connectivity index (χ1) is 20.4. The molecule has 218 valence electrons. The number of benzene rings is 2. The van der Waals surface area contributed by atoms with Gasteiger partial charge in [-0.25, -0.2) is 14.6 Å². The molecule has 0 aliphatic heterocycles. The molecule has 2 fully saturated rings. The zero-order chi connectivity index (χ0) is 29.3. The quantitative estimate of drug-likeness (QED) is 0.221. The number of carbonyl (C=O) groups excluding carboxylic acids is 4. The van der Waals surface area contributed by atoms with Crippen LogP contribution in [0.2, 0.25) is 0 Å². The second-order valence-electron chi connectivity index (χ2n) is 10.7. The van der Waals surface area contributed by atoms with Gasteiger partial charge in [-0.2, -0.15) is 0 Å². The molecule has 5 rings (SSSR count). The first kappa shape index (κ1) is 29.0. The molecule has 0 N–H and O–H groups in total. The third-order valence-corrected chi connectivity index (χ3v) is 7.61. The van der Waals surface area contributed by atoms with Crippen LogP contribution in [0, 0.1) is 11.8 Å². The molecule has 0 radical (unpaired) electrons. The Morgan fingerprint density at radius 3 is 1.36 bits per heavy atom. The Kier molecular flexibility index (Phi) is 9.59. The van der Waals surface area contributed by atoms with Gasteiger partial charge in [0.25, 0.3) is 0 Å². The summed E-state index contributed by atoms with van der Waals surface area (Å²) < 4.78 is 21.6. The molecule has 9 nitrogen and oxygen atoms in total. The zero-order valence-corrected chi connectivity index (χ0v) is 23.3. The maximum Gasteiger partial charge on any atom is 0.344 e. The first-order valence-corrected chi connectivity index (χ1v) is 14.5. The minimum atomic E-state index is -0.637. The average Bonchev–Trinajstić information content (AvgIpc) is 3.03. The summed E-state index contributed by atoms with van der Waals surface area (Å²) in [6, 6.07) is 15.2. The van der Waals surface area contributed by atoms with Gasteiger partial charge in [-0.05, 0) is 80.3 Å². The van der Waals surface area contributed by atoms with Crippen molar-refractivity contribution in [3.63, 3.8) is 0 Å². The fourth-order valence-corrected chi connectivity index (χ4v) is 5.20. The molecule has 2 saturated carbocycles. The van der Waals surface area contributed by atoms with Crippen LogP contribution >= 0.6 is 0 Å². The lowest BCUT2D eigenvalue weighted by molar-refractivity contribution is -0.140. The second-order valence-corrected chi connectivity index (χ2v) is 10.7. The van der Waals surface area contributed by atoms with Crippen molar-refractivity contribution in [2.45, 2.75) is 64.2 Å². The SMILES string of the molecule is O=C(Oc1ccc(OC(=O)c2ccc(OC(=O)C3CCCCC3)cc2)nc1)c1ccc(OC(=O)C2CCCCC2)cc1. The molecular weight excluding hydrogens is 538 g/mol. The molecule has 2 aromatic carbocycles. The minimum absolute atomic E-state index is 0.0248. The Hall–Kier alpha value is -4.53. The summed E-state index contributed by atoms with van der Waals surface area (Å²) in [7, 11) is 0. The highest BCUT2D eigenvalue weighted by Crippen LogP contribution is 2.27. The summed E-state index contributed by atoms with van der Waals surface area (Å²) in [5.74, 6) is -0.912.